The summed E-state index contributed by atoms with van der Waals surface area (Å²) in [7, 11) is 4.14. The Morgan fingerprint density at radius 1 is 1.09 bits per heavy atom. The van der Waals surface area contributed by atoms with Crippen molar-refractivity contribution in [1.29, 1.82) is 0 Å². The molecule has 1 aliphatic rings. The van der Waals surface area contributed by atoms with Crippen molar-refractivity contribution < 1.29 is 28.5 Å². The molecule has 1 N–H and O–H groups in total. The van der Waals surface area contributed by atoms with Crippen LogP contribution in [-0.2, 0) is 10.2 Å². The molecule has 1 aromatic rings. The molecule has 0 spiro atoms. The molecule has 1 fully saturated rings. The van der Waals surface area contributed by atoms with Crippen LogP contribution in [0.2, 0.25) is 0 Å². The van der Waals surface area contributed by atoms with Crippen LogP contribution < -0.4 is 14.2 Å². The van der Waals surface area contributed by atoms with Crippen molar-refractivity contribution >= 4 is 5.97 Å². The van der Waals surface area contributed by atoms with Crippen molar-refractivity contribution in [2.24, 2.45) is 0 Å². The maximum Gasteiger partial charge on any atom is 0.314 e. The molecule has 22 heavy (non-hydrogen) atoms. The first kappa shape index (κ1) is 16.4. The van der Waals surface area contributed by atoms with E-state index in [1.165, 1.54) is 27.4 Å². The number of hydrogen-bond acceptors (Lipinski definition) is 4. The number of ether oxygens (including phenoxy) is 3. The van der Waals surface area contributed by atoms with Gasteiger partial charge in [0.2, 0.25) is 0 Å². The fraction of sp³-hybridized carbons (Fsp3) is 0.562. The van der Waals surface area contributed by atoms with Crippen LogP contribution in [0.15, 0.2) is 6.07 Å². The number of benzene rings is 1. The average Bonchev–Trinajstić information content (AvgIpc) is 2.54. The van der Waals surface area contributed by atoms with Crippen LogP contribution in [0.5, 0.6) is 17.2 Å². The van der Waals surface area contributed by atoms with Gasteiger partial charge in [-0.1, -0.05) is 19.3 Å². The zero-order valence-electron chi connectivity index (χ0n) is 13.1. The number of methoxy groups -OCH3 is 3. The summed E-state index contributed by atoms with van der Waals surface area (Å²) in [5, 5.41) is 9.81. The summed E-state index contributed by atoms with van der Waals surface area (Å²) >= 11 is 0. The van der Waals surface area contributed by atoms with Crippen LogP contribution in [0.4, 0.5) is 4.39 Å². The molecule has 0 amide bonds. The lowest BCUT2D eigenvalue weighted by molar-refractivity contribution is -0.145. The van der Waals surface area contributed by atoms with E-state index in [0.717, 1.165) is 19.3 Å². The molecule has 0 unspecified atom stereocenters. The SMILES string of the molecule is COc1cc(OC)c(OC)c(C2(C(=O)O)CCCCC2)c1F. The fourth-order valence-corrected chi connectivity index (χ4v) is 3.25. The molecular weight excluding hydrogens is 291 g/mol. The lowest BCUT2D eigenvalue weighted by Gasteiger charge is -2.35. The van der Waals surface area contributed by atoms with Crippen LogP contribution in [0.1, 0.15) is 37.7 Å². The average molecular weight is 312 g/mol. The topological polar surface area (TPSA) is 65.0 Å². The maximum atomic E-state index is 14.9. The Labute approximate surface area is 129 Å². The van der Waals surface area contributed by atoms with Gasteiger partial charge in [0.25, 0.3) is 0 Å². The van der Waals surface area contributed by atoms with Crippen LogP contribution >= 0.6 is 0 Å². The number of carboxylic acid groups (broad SMARTS) is 1. The number of hydrogen-bond donors (Lipinski definition) is 1. The van der Waals surface area contributed by atoms with Gasteiger partial charge in [-0.25, -0.2) is 4.39 Å². The fourth-order valence-electron chi connectivity index (χ4n) is 3.25. The van der Waals surface area contributed by atoms with Crippen molar-refractivity contribution in [3.8, 4) is 17.2 Å². The van der Waals surface area contributed by atoms with E-state index in [0.29, 0.717) is 12.8 Å². The third-order valence-corrected chi connectivity index (χ3v) is 4.39. The molecule has 2 rings (SSSR count). The zero-order chi connectivity index (χ0) is 16.3. The second kappa shape index (κ2) is 6.42. The Bertz CT molecular complexity index is 564. The number of rotatable bonds is 5. The van der Waals surface area contributed by atoms with Gasteiger partial charge in [-0.15, -0.1) is 0 Å². The highest BCUT2D eigenvalue weighted by Crippen LogP contribution is 2.50. The molecule has 122 valence electrons. The summed E-state index contributed by atoms with van der Waals surface area (Å²) < 4.78 is 30.5. The predicted octanol–water partition coefficient (Wildman–Crippen LogP) is 3.14. The minimum Gasteiger partial charge on any atom is -0.494 e. The molecule has 0 heterocycles. The van der Waals surface area contributed by atoms with Crippen molar-refractivity contribution in [1.82, 2.24) is 0 Å². The highest BCUT2D eigenvalue weighted by atomic mass is 19.1. The van der Waals surface area contributed by atoms with Crippen molar-refractivity contribution in [2.45, 2.75) is 37.5 Å². The van der Waals surface area contributed by atoms with Gasteiger partial charge in [0, 0.05) is 6.07 Å². The zero-order valence-corrected chi connectivity index (χ0v) is 13.1. The smallest absolute Gasteiger partial charge is 0.314 e. The number of carboxylic acids is 1. The quantitative estimate of drug-likeness (QED) is 0.905. The molecule has 1 aliphatic carbocycles. The number of halogens is 1. The lowest BCUT2D eigenvalue weighted by Crippen LogP contribution is -2.39. The second-order valence-corrected chi connectivity index (χ2v) is 5.45. The first-order valence-corrected chi connectivity index (χ1v) is 7.24. The summed E-state index contributed by atoms with van der Waals surface area (Å²) in [4.78, 5) is 12.0. The van der Waals surface area contributed by atoms with Gasteiger partial charge in [0.15, 0.2) is 23.1 Å². The van der Waals surface area contributed by atoms with E-state index in [-0.39, 0.29) is 22.8 Å². The maximum absolute atomic E-state index is 14.9. The predicted molar refractivity (Wildman–Crippen MR) is 78.5 cm³/mol. The van der Waals surface area contributed by atoms with E-state index in [2.05, 4.69) is 0 Å². The Hall–Kier alpha value is -1.98. The van der Waals surface area contributed by atoms with Crippen molar-refractivity contribution in [3.63, 3.8) is 0 Å². The van der Waals surface area contributed by atoms with E-state index in [1.54, 1.807) is 0 Å². The number of carbonyl (C=O) groups is 1. The molecule has 0 aromatic heterocycles. The molecule has 5 nitrogen and oxygen atoms in total. The van der Waals surface area contributed by atoms with Gasteiger partial charge in [-0.2, -0.15) is 0 Å². The van der Waals surface area contributed by atoms with Crippen LogP contribution in [0.25, 0.3) is 0 Å². The monoisotopic (exact) mass is 312 g/mol. The molecule has 0 bridgehead atoms. The van der Waals surface area contributed by atoms with E-state index < -0.39 is 17.2 Å². The Kier molecular flexibility index (Phi) is 4.78. The third-order valence-electron chi connectivity index (χ3n) is 4.39. The summed E-state index contributed by atoms with van der Waals surface area (Å²) in [6.07, 6.45) is 3.14. The normalized spacial score (nSPS) is 16.9. The standard InChI is InChI=1S/C16H21FO5/c1-20-10-9-11(21-2)14(22-3)12(13(10)17)16(15(18)19)7-5-4-6-8-16/h9H,4-8H2,1-3H3,(H,18,19). The summed E-state index contributed by atoms with van der Waals surface area (Å²) in [5.41, 5.74) is -1.28. The second-order valence-electron chi connectivity index (χ2n) is 5.45. The molecule has 0 saturated heterocycles. The lowest BCUT2D eigenvalue weighted by atomic mass is 9.68. The van der Waals surface area contributed by atoms with Crippen LogP contribution in [0.3, 0.4) is 0 Å². The van der Waals surface area contributed by atoms with Crippen LogP contribution in [-0.4, -0.2) is 32.4 Å². The first-order valence-electron chi connectivity index (χ1n) is 7.24. The molecule has 0 atom stereocenters. The minimum absolute atomic E-state index is 0.0263. The van der Waals surface area contributed by atoms with E-state index in [1.807, 2.05) is 0 Å². The highest BCUT2D eigenvalue weighted by molar-refractivity contribution is 5.84. The first-order chi connectivity index (χ1) is 10.5. The molecule has 0 radical (unpaired) electrons. The molecule has 1 aromatic carbocycles. The van der Waals surface area contributed by atoms with E-state index in [4.69, 9.17) is 14.2 Å². The van der Waals surface area contributed by atoms with Gasteiger partial charge in [-0.3, -0.25) is 4.79 Å². The summed E-state index contributed by atoms with van der Waals surface area (Å²) in [6, 6.07) is 1.37. The van der Waals surface area contributed by atoms with Gasteiger partial charge in [0.1, 0.15) is 0 Å². The highest BCUT2D eigenvalue weighted by Gasteiger charge is 2.47. The van der Waals surface area contributed by atoms with E-state index in [9.17, 15) is 14.3 Å². The molecule has 1 saturated carbocycles. The van der Waals surface area contributed by atoms with Crippen molar-refractivity contribution in [2.75, 3.05) is 21.3 Å². The van der Waals surface area contributed by atoms with Gasteiger partial charge < -0.3 is 19.3 Å². The van der Waals surface area contributed by atoms with E-state index >= 15 is 0 Å². The van der Waals surface area contributed by atoms with Crippen LogP contribution in [0, 0.1) is 5.82 Å². The minimum atomic E-state index is -1.31. The summed E-state index contributed by atoms with van der Waals surface area (Å²) in [6.45, 7) is 0. The number of aliphatic carboxylic acids is 1. The summed E-state index contributed by atoms with van der Waals surface area (Å²) in [5.74, 6) is -1.38. The largest absolute Gasteiger partial charge is 0.494 e. The Morgan fingerprint density at radius 3 is 2.14 bits per heavy atom. The Morgan fingerprint density at radius 2 is 1.68 bits per heavy atom. The third kappa shape index (κ3) is 2.46. The van der Waals surface area contributed by atoms with Crippen molar-refractivity contribution in [3.05, 3.63) is 17.4 Å². The van der Waals surface area contributed by atoms with Gasteiger partial charge in [-0.05, 0) is 12.8 Å². The van der Waals surface area contributed by atoms with Gasteiger partial charge >= 0.3 is 5.97 Å². The molecule has 6 heteroatoms. The van der Waals surface area contributed by atoms with Gasteiger partial charge in [0.05, 0.1) is 32.3 Å². The molecule has 0 aliphatic heterocycles. The Balaban J connectivity index is 2.77. The molecular formula is C16H21FO5.